The maximum Gasteiger partial charge on any atom is 0.254 e. The van der Waals surface area contributed by atoms with Crippen molar-refractivity contribution in [3.05, 3.63) is 36.4 Å². The highest BCUT2D eigenvalue weighted by Crippen LogP contribution is 2.46. The average Bonchev–Trinajstić information content (AvgIpc) is 2.82. The molecule has 0 bridgehead atoms. The van der Waals surface area contributed by atoms with E-state index in [0.29, 0.717) is 24.7 Å². The summed E-state index contributed by atoms with van der Waals surface area (Å²) in [5.41, 5.74) is 0. The first-order valence-corrected chi connectivity index (χ1v) is 12.6. The van der Waals surface area contributed by atoms with Gasteiger partial charge in [0.2, 0.25) is 11.6 Å². The van der Waals surface area contributed by atoms with Crippen molar-refractivity contribution >= 4 is 0 Å². The van der Waals surface area contributed by atoms with Crippen LogP contribution in [0.3, 0.4) is 0 Å². The Labute approximate surface area is 195 Å². The zero-order chi connectivity index (χ0) is 23.8. The Hall–Kier alpha value is -1.72. The van der Waals surface area contributed by atoms with Gasteiger partial charge in [-0.15, -0.1) is 6.58 Å². The summed E-state index contributed by atoms with van der Waals surface area (Å²) in [5.74, 6) is -4.42. The lowest BCUT2D eigenvalue weighted by Crippen LogP contribution is -2.35. The Bertz CT molecular complexity index is 751. The number of benzene rings is 1. The van der Waals surface area contributed by atoms with Crippen molar-refractivity contribution in [2.24, 2.45) is 23.7 Å². The molecule has 186 valence electrons. The standard InChI is InChI=1S/C27H38F4O2/c1-3-5-6-19-7-9-20(10-8-19)21-11-13-22(14-12-21)27(30,31)17-18-33-24-16-15-23(32-4-2)25(28)26(24)29/h3,15-16,19-22H,1,4-14,17-18H2,2H3. The molecule has 2 saturated carbocycles. The summed E-state index contributed by atoms with van der Waals surface area (Å²) in [5, 5.41) is 0. The van der Waals surface area contributed by atoms with Gasteiger partial charge in [-0.1, -0.05) is 18.9 Å². The molecule has 2 aliphatic rings. The summed E-state index contributed by atoms with van der Waals surface area (Å²) in [6.07, 6.45) is 11.6. The molecule has 3 rings (SSSR count). The van der Waals surface area contributed by atoms with Gasteiger partial charge in [0.05, 0.1) is 13.2 Å². The molecular formula is C27H38F4O2. The molecule has 0 radical (unpaired) electrons. The molecule has 0 unspecified atom stereocenters. The maximum absolute atomic E-state index is 14.8. The molecule has 2 fully saturated rings. The van der Waals surface area contributed by atoms with Crippen molar-refractivity contribution in [2.45, 2.75) is 83.5 Å². The van der Waals surface area contributed by atoms with Gasteiger partial charge in [-0.2, -0.15) is 8.78 Å². The smallest absolute Gasteiger partial charge is 0.254 e. The summed E-state index contributed by atoms with van der Waals surface area (Å²) in [6.45, 7) is 5.31. The van der Waals surface area contributed by atoms with Crippen LogP contribution in [0.15, 0.2) is 24.8 Å². The lowest BCUT2D eigenvalue weighted by atomic mass is 9.68. The van der Waals surface area contributed by atoms with Gasteiger partial charge in [0.1, 0.15) is 0 Å². The Morgan fingerprint density at radius 1 is 0.909 bits per heavy atom. The number of allylic oxidation sites excluding steroid dienone is 1. The van der Waals surface area contributed by atoms with Crippen molar-refractivity contribution < 1.29 is 27.0 Å². The van der Waals surface area contributed by atoms with E-state index in [1.807, 2.05) is 6.08 Å². The van der Waals surface area contributed by atoms with Crippen LogP contribution in [0.2, 0.25) is 0 Å². The molecule has 0 spiro atoms. The van der Waals surface area contributed by atoms with Gasteiger partial charge in [-0.25, -0.2) is 8.78 Å². The first-order chi connectivity index (χ1) is 15.9. The van der Waals surface area contributed by atoms with E-state index in [1.165, 1.54) is 44.2 Å². The molecular weight excluding hydrogens is 432 g/mol. The van der Waals surface area contributed by atoms with Crippen molar-refractivity contribution in [2.75, 3.05) is 13.2 Å². The number of alkyl halides is 2. The molecule has 0 aliphatic heterocycles. The Morgan fingerprint density at radius 2 is 1.45 bits per heavy atom. The first-order valence-electron chi connectivity index (χ1n) is 12.6. The second-order valence-corrected chi connectivity index (χ2v) is 9.74. The number of rotatable bonds is 11. The van der Waals surface area contributed by atoms with E-state index in [0.717, 1.165) is 25.2 Å². The molecule has 0 atom stereocenters. The molecule has 2 aliphatic carbocycles. The SMILES string of the molecule is C=CCCC1CCC(C2CCC(C(F)(F)CCOc3ccc(OCC)c(F)c3F)CC2)CC1. The normalized spacial score (nSPS) is 26.1. The number of ether oxygens (including phenoxy) is 2. The van der Waals surface area contributed by atoms with Crippen LogP contribution in [0.5, 0.6) is 11.5 Å². The maximum atomic E-state index is 14.8. The minimum absolute atomic E-state index is 0.196. The second-order valence-electron chi connectivity index (χ2n) is 9.74. The van der Waals surface area contributed by atoms with Gasteiger partial charge in [0, 0.05) is 12.3 Å². The van der Waals surface area contributed by atoms with E-state index >= 15 is 0 Å². The number of halogens is 4. The molecule has 0 heterocycles. The van der Waals surface area contributed by atoms with Crippen molar-refractivity contribution in [1.82, 2.24) is 0 Å². The summed E-state index contributed by atoms with van der Waals surface area (Å²) in [4.78, 5) is 0. The van der Waals surface area contributed by atoms with Gasteiger partial charge in [-0.3, -0.25) is 0 Å². The minimum atomic E-state index is -2.87. The molecule has 1 aromatic carbocycles. The third-order valence-electron chi connectivity index (χ3n) is 7.71. The van der Waals surface area contributed by atoms with Gasteiger partial charge in [0.25, 0.3) is 5.92 Å². The van der Waals surface area contributed by atoms with Crippen molar-refractivity contribution in [3.8, 4) is 11.5 Å². The van der Waals surface area contributed by atoms with E-state index < -0.39 is 29.9 Å². The van der Waals surface area contributed by atoms with Crippen LogP contribution in [-0.4, -0.2) is 19.1 Å². The van der Waals surface area contributed by atoms with Crippen LogP contribution < -0.4 is 9.47 Å². The molecule has 2 nitrogen and oxygen atoms in total. The largest absolute Gasteiger partial charge is 0.491 e. The first kappa shape index (κ1) is 25.9. The van der Waals surface area contributed by atoms with Crippen LogP contribution in [0.1, 0.15) is 77.6 Å². The average molecular weight is 471 g/mol. The number of hydrogen-bond acceptors (Lipinski definition) is 2. The third kappa shape index (κ3) is 6.89. The predicted molar refractivity (Wildman–Crippen MR) is 123 cm³/mol. The van der Waals surface area contributed by atoms with E-state index in [1.54, 1.807) is 6.92 Å². The zero-order valence-electron chi connectivity index (χ0n) is 19.8. The highest BCUT2D eigenvalue weighted by molar-refractivity contribution is 5.35. The van der Waals surface area contributed by atoms with Crippen LogP contribution in [0.4, 0.5) is 17.6 Å². The molecule has 0 amide bonds. The van der Waals surface area contributed by atoms with E-state index in [9.17, 15) is 17.6 Å². The molecule has 0 aromatic heterocycles. The Balaban J connectivity index is 1.42. The molecule has 6 heteroatoms. The van der Waals surface area contributed by atoms with Crippen LogP contribution >= 0.6 is 0 Å². The van der Waals surface area contributed by atoms with Crippen molar-refractivity contribution in [3.63, 3.8) is 0 Å². The van der Waals surface area contributed by atoms with Crippen molar-refractivity contribution in [1.29, 1.82) is 0 Å². The topological polar surface area (TPSA) is 18.5 Å². The predicted octanol–water partition coefficient (Wildman–Crippen LogP) is 8.35. The molecule has 33 heavy (non-hydrogen) atoms. The van der Waals surface area contributed by atoms with E-state index in [4.69, 9.17) is 9.47 Å². The monoisotopic (exact) mass is 470 g/mol. The summed E-state index contributed by atoms with van der Waals surface area (Å²) in [7, 11) is 0. The summed E-state index contributed by atoms with van der Waals surface area (Å²) < 4.78 is 67.8. The van der Waals surface area contributed by atoms with E-state index in [-0.39, 0.29) is 24.7 Å². The molecule has 1 aromatic rings. The Morgan fingerprint density at radius 3 is 2.00 bits per heavy atom. The zero-order valence-corrected chi connectivity index (χ0v) is 19.8. The van der Waals surface area contributed by atoms with Crippen LogP contribution in [0.25, 0.3) is 0 Å². The highest BCUT2D eigenvalue weighted by Gasteiger charge is 2.42. The lowest BCUT2D eigenvalue weighted by molar-refractivity contribution is -0.0909. The Kier molecular flexibility index (Phi) is 9.51. The lowest BCUT2D eigenvalue weighted by Gasteiger charge is -2.39. The fraction of sp³-hybridized carbons (Fsp3) is 0.704. The molecule has 0 N–H and O–H groups in total. The van der Waals surface area contributed by atoms with Gasteiger partial charge < -0.3 is 9.47 Å². The van der Waals surface area contributed by atoms with Crippen LogP contribution in [-0.2, 0) is 0 Å². The van der Waals surface area contributed by atoms with Gasteiger partial charge >= 0.3 is 0 Å². The number of hydrogen-bond donors (Lipinski definition) is 0. The highest BCUT2D eigenvalue weighted by atomic mass is 19.3. The fourth-order valence-corrected chi connectivity index (χ4v) is 5.71. The molecule has 0 saturated heterocycles. The second kappa shape index (κ2) is 12.1. The minimum Gasteiger partial charge on any atom is -0.491 e. The fourth-order valence-electron chi connectivity index (χ4n) is 5.71. The summed E-state index contributed by atoms with van der Waals surface area (Å²) >= 11 is 0. The van der Waals surface area contributed by atoms with Gasteiger partial charge in [0.15, 0.2) is 11.5 Å². The summed E-state index contributed by atoms with van der Waals surface area (Å²) in [6, 6.07) is 2.47. The third-order valence-corrected chi connectivity index (χ3v) is 7.71. The van der Waals surface area contributed by atoms with E-state index in [2.05, 4.69) is 6.58 Å². The van der Waals surface area contributed by atoms with Crippen LogP contribution in [0, 0.1) is 35.3 Å². The van der Waals surface area contributed by atoms with Gasteiger partial charge in [-0.05, 0) is 88.2 Å². The quantitative estimate of drug-likeness (QED) is 0.239.